The van der Waals surface area contributed by atoms with Crippen LogP contribution >= 0.6 is 0 Å². The van der Waals surface area contributed by atoms with Crippen molar-refractivity contribution in [2.75, 3.05) is 13.2 Å². The second-order valence-electron chi connectivity index (χ2n) is 5.27. The van der Waals surface area contributed by atoms with Gasteiger partial charge in [-0.05, 0) is 31.7 Å². The fourth-order valence-electron chi connectivity index (χ4n) is 2.56. The van der Waals surface area contributed by atoms with Crippen molar-refractivity contribution in [3.05, 3.63) is 23.7 Å². The van der Waals surface area contributed by atoms with Gasteiger partial charge in [-0.25, -0.2) is 0 Å². The van der Waals surface area contributed by atoms with E-state index in [1.807, 2.05) is 6.92 Å². The molecule has 5 nitrogen and oxygen atoms in total. The Labute approximate surface area is 119 Å². The molecule has 3 N–H and O–H groups in total. The molecule has 1 aromatic heterocycles. The minimum absolute atomic E-state index is 0.0927. The molecule has 1 aromatic rings. The molecule has 5 heteroatoms. The zero-order valence-electron chi connectivity index (χ0n) is 12.1. The van der Waals surface area contributed by atoms with Crippen molar-refractivity contribution in [1.82, 2.24) is 5.32 Å². The van der Waals surface area contributed by atoms with Crippen molar-refractivity contribution in [2.24, 2.45) is 5.73 Å². The van der Waals surface area contributed by atoms with Gasteiger partial charge in [-0.15, -0.1) is 0 Å². The summed E-state index contributed by atoms with van der Waals surface area (Å²) in [6.45, 7) is 3.03. The minimum Gasteiger partial charge on any atom is -0.469 e. The van der Waals surface area contributed by atoms with Gasteiger partial charge in [0.1, 0.15) is 5.76 Å². The third-order valence-corrected chi connectivity index (χ3v) is 3.77. The Kier molecular flexibility index (Phi) is 5.61. The van der Waals surface area contributed by atoms with Crippen LogP contribution in [0.5, 0.6) is 0 Å². The van der Waals surface area contributed by atoms with Crippen molar-refractivity contribution in [1.29, 1.82) is 0 Å². The van der Waals surface area contributed by atoms with Crippen molar-refractivity contribution in [3.8, 4) is 0 Å². The summed E-state index contributed by atoms with van der Waals surface area (Å²) >= 11 is 0. The third-order valence-electron chi connectivity index (χ3n) is 3.77. The van der Waals surface area contributed by atoms with Crippen LogP contribution in [0.15, 0.2) is 16.7 Å². The molecule has 112 valence electrons. The van der Waals surface area contributed by atoms with Crippen molar-refractivity contribution in [2.45, 2.75) is 51.2 Å². The van der Waals surface area contributed by atoms with Crippen LogP contribution in [0, 0.1) is 0 Å². The predicted octanol–water partition coefficient (Wildman–Crippen LogP) is 1.86. The first-order chi connectivity index (χ1) is 9.70. The second-order valence-corrected chi connectivity index (χ2v) is 5.27. The van der Waals surface area contributed by atoms with Crippen LogP contribution in [0.1, 0.15) is 48.7 Å². The molecule has 0 aromatic carbocycles. The van der Waals surface area contributed by atoms with E-state index in [1.165, 1.54) is 0 Å². The van der Waals surface area contributed by atoms with E-state index in [4.69, 9.17) is 14.9 Å². The Balaban J connectivity index is 1.65. The molecule has 0 radical (unpaired) electrons. The molecular formula is C15H24N2O3. The van der Waals surface area contributed by atoms with Gasteiger partial charge in [-0.1, -0.05) is 6.92 Å². The Morgan fingerprint density at radius 3 is 2.90 bits per heavy atom. The van der Waals surface area contributed by atoms with Gasteiger partial charge < -0.3 is 20.2 Å². The third kappa shape index (κ3) is 4.08. The van der Waals surface area contributed by atoms with Gasteiger partial charge in [0.15, 0.2) is 0 Å². The maximum absolute atomic E-state index is 11.9. The summed E-state index contributed by atoms with van der Waals surface area (Å²) in [5.41, 5.74) is 6.47. The SMILES string of the molecule is CCc1occc1C(=O)NCCOC1CCC(N)CC1. The fourth-order valence-corrected chi connectivity index (χ4v) is 2.56. The van der Waals surface area contributed by atoms with E-state index in [9.17, 15) is 4.79 Å². The number of ether oxygens (including phenoxy) is 1. The van der Waals surface area contributed by atoms with Crippen LogP contribution in [0.4, 0.5) is 0 Å². The van der Waals surface area contributed by atoms with E-state index < -0.39 is 0 Å². The molecule has 20 heavy (non-hydrogen) atoms. The topological polar surface area (TPSA) is 77.5 Å². The van der Waals surface area contributed by atoms with E-state index in [0.29, 0.717) is 37.3 Å². The summed E-state index contributed by atoms with van der Waals surface area (Å²) in [5, 5.41) is 2.86. The quantitative estimate of drug-likeness (QED) is 0.780. The number of aryl methyl sites for hydroxylation is 1. The minimum atomic E-state index is -0.0927. The van der Waals surface area contributed by atoms with E-state index in [0.717, 1.165) is 31.4 Å². The number of rotatable bonds is 6. The number of hydrogen-bond acceptors (Lipinski definition) is 4. The highest BCUT2D eigenvalue weighted by Gasteiger charge is 2.19. The van der Waals surface area contributed by atoms with Crippen molar-refractivity contribution in [3.63, 3.8) is 0 Å². The van der Waals surface area contributed by atoms with Crippen LogP contribution in [0.25, 0.3) is 0 Å². The summed E-state index contributed by atoms with van der Waals surface area (Å²) in [4.78, 5) is 11.9. The normalized spacial score (nSPS) is 22.7. The molecule has 1 fully saturated rings. The number of furan rings is 1. The number of hydrogen-bond donors (Lipinski definition) is 2. The molecule has 0 aliphatic heterocycles. The van der Waals surface area contributed by atoms with Crippen LogP contribution in [0.3, 0.4) is 0 Å². The zero-order chi connectivity index (χ0) is 14.4. The van der Waals surface area contributed by atoms with Gasteiger partial charge in [0.25, 0.3) is 5.91 Å². The van der Waals surface area contributed by atoms with Crippen molar-refractivity contribution < 1.29 is 13.9 Å². The highest BCUT2D eigenvalue weighted by molar-refractivity contribution is 5.95. The lowest BCUT2D eigenvalue weighted by molar-refractivity contribution is 0.0267. The summed E-state index contributed by atoms with van der Waals surface area (Å²) in [5.74, 6) is 0.634. The standard InChI is InChI=1S/C15H24N2O3/c1-2-14-13(7-9-20-14)15(18)17-8-10-19-12-5-3-11(16)4-6-12/h7,9,11-12H,2-6,8,10,16H2,1H3,(H,17,18). The molecule has 1 heterocycles. The summed E-state index contributed by atoms with van der Waals surface area (Å²) < 4.78 is 11.0. The second kappa shape index (κ2) is 7.45. The molecule has 1 aliphatic rings. The van der Waals surface area contributed by atoms with Gasteiger partial charge >= 0.3 is 0 Å². The highest BCUT2D eigenvalue weighted by Crippen LogP contribution is 2.19. The maximum Gasteiger partial charge on any atom is 0.254 e. The Morgan fingerprint density at radius 2 is 2.20 bits per heavy atom. The number of carbonyl (C=O) groups excluding carboxylic acids is 1. The van der Waals surface area contributed by atoms with E-state index in [1.54, 1.807) is 12.3 Å². The van der Waals surface area contributed by atoms with Crippen LogP contribution < -0.4 is 11.1 Å². The highest BCUT2D eigenvalue weighted by atomic mass is 16.5. The first-order valence-electron chi connectivity index (χ1n) is 7.42. The average Bonchev–Trinajstić information content (AvgIpc) is 2.94. The Bertz CT molecular complexity index is 423. The zero-order valence-corrected chi connectivity index (χ0v) is 12.1. The van der Waals surface area contributed by atoms with Gasteiger partial charge in [-0.3, -0.25) is 4.79 Å². The Morgan fingerprint density at radius 1 is 1.45 bits per heavy atom. The predicted molar refractivity (Wildman–Crippen MR) is 76.6 cm³/mol. The molecule has 1 aliphatic carbocycles. The number of amides is 1. The number of carbonyl (C=O) groups is 1. The molecule has 0 spiro atoms. The van der Waals surface area contributed by atoms with Gasteiger partial charge in [-0.2, -0.15) is 0 Å². The molecule has 0 unspecified atom stereocenters. The first kappa shape index (κ1) is 15.1. The largest absolute Gasteiger partial charge is 0.469 e. The lowest BCUT2D eigenvalue weighted by Gasteiger charge is -2.26. The van der Waals surface area contributed by atoms with Gasteiger partial charge in [0, 0.05) is 19.0 Å². The number of nitrogens with two attached hydrogens (primary N) is 1. The molecule has 0 bridgehead atoms. The first-order valence-corrected chi connectivity index (χ1v) is 7.42. The van der Waals surface area contributed by atoms with E-state index in [-0.39, 0.29) is 5.91 Å². The van der Waals surface area contributed by atoms with Crippen molar-refractivity contribution >= 4 is 5.91 Å². The Hall–Kier alpha value is -1.33. The fraction of sp³-hybridized carbons (Fsp3) is 0.667. The molecule has 1 saturated carbocycles. The van der Waals surface area contributed by atoms with Gasteiger partial charge in [0.05, 0.1) is 24.5 Å². The van der Waals surface area contributed by atoms with E-state index >= 15 is 0 Å². The van der Waals surface area contributed by atoms with E-state index in [2.05, 4.69) is 5.32 Å². The molecule has 2 rings (SSSR count). The van der Waals surface area contributed by atoms with Crippen LogP contribution in [0.2, 0.25) is 0 Å². The monoisotopic (exact) mass is 280 g/mol. The van der Waals surface area contributed by atoms with Gasteiger partial charge in [0.2, 0.25) is 0 Å². The molecule has 0 saturated heterocycles. The molecule has 1 amide bonds. The summed E-state index contributed by atoms with van der Waals surface area (Å²) in [6.07, 6.45) is 6.68. The summed E-state index contributed by atoms with van der Waals surface area (Å²) in [6, 6.07) is 2.04. The van der Waals surface area contributed by atoms with Crippen LogP contribution in [-0.2, 0) is 11.2 Å². The lowest BCUT2D eigenvalue weighted by Crippen LogP contribution is -2.33. The molecular weight excluding hydrogens is 256 g/mol. The maximum atomic E-state index is 11.9. The molecule has 0 atom stereocenters. The number of nitrogens with one attached hydrogen (secondary N) is 1. The van der Waals surface area contributed by atoms with Crippen LogP contribution in [-0.4, -0.2) is 31.2 Å². The lowest BCUT2D eigenvalue weighted by atomic mass is 9.94. The average molecular weight is 280 g/mol. The smallest absolute Gasteiger partial charge is 0.254 e. The summed E-state index contributed by atoms with van der Waals surface area (Å²) in [7, 11) is 0.